The first-order valence-electron chi connectivity index (χ1n) is 2.87. The van der Waals surface area contributed by atoms with Crippen LogP contribution in [0.25, 0.3) is 0 Å². The Kier molecular flexibility index (Phi) is 1.87. The van der Waals surface area contributed by atoms with E-state index in [0.29, 0.717) is 4.90 Å². The Hall–Kier alpha value is -0.670. The molecule has 54 valence electrons. The van der Waals surface area contributed by atoms with Crippen molar-refractivity contribution in [3.05, 3.63) is 30.3 Å². The van der Waals surface area contributed by atoms with Crippen molar-refractivity contribution in [2.24, 2.45) is 0 Å². The van der Waals surface area contributed by atoms with Gasteiger partial charge < -0.3 is 0 Å². The lowest BCUT2D eigenvalue weighted by Gasteiger charge is -1.94. The summed E-state index contributed by atoms with van der Waals surface area (Å²) in [7, 11) is -2.75. The highest BCUT2D eigenvalue weighted by molar-refractivity contribution is 7.97. The Bertz CT molecular complexity index is 250. The highest BCUT2D eigenvalue weighted by Crippen LogP contribution is 2.11. The van der Waals surface area contributed by atoms with Crippen molar-refractivity contribution < 1.29 is 8.76 Å². The van der Waals surface area contributed by atoms with Gasteiger partial charge in [-0.25, -0.2) is 0 Å². The van der Waals surface area contributed by atoms with Crippen molar-refractivity contribution in [1.82, 2.24) is 0 Å². The number of hydrogen-bond donors (Lipinski definition) is 1. The zero-order valence-corrected chi connectivity index (χ0v) is 6.47. The fourth-order valence-corrected chi connectivity index (χ4v) is 1.34. The predicted molar refractivity (Wildman–Crippen MR) is 41.3 cm³/mol. The van der Waals surface area contributed by atoms with Gasteiger partial charge in [0.2, 0.25) is 10.2 Å². The first-order chi connectivity index (χ1) is 4.61. The molecule has 0 aliphatic carbocycles. The van der Waals surface area contributed by atoms with Crippen molar-refractivity contribution in [3.8, 4) is 0 Å². The molecule has 0 spiro atoms. The molecule has 0 saturated heterocycles. The van der Waals surface area contributed by atoms with Crippen LogP contribution in [-0.4, -0.2) is 10.8 Å². The second-order valence-corrected chi connectivity index (χ2v) is 4.19. The van der Waals surface area contributed by atoms with E-state index in [0.717, 1.165) is 0 Å². The monoisotopic (exact) mass is 157 g/mol. The van der Waals surface area contributed by atoms with E-state index < -0.39 is 10.2 Å². The van der Waals surface area contributed by atoms with E-state index in [4.69, 9.17) is 4.55 Å². The van der Waals surface area contributed by atoms with Crippen LogP contribution in [-0.2, 0) is 14.4 Å². The second kappa shape index (κ2) is 2.52. The Balaban J connectivity index is 3.09. The molecule has 0 heterocycles. The molecule has 1 unspecified atom stereocenters. The fraction of sp³-hybridized carbons (Fsp3) is 0.143. The third-order valence-corrected chi connectivity index (χ3v) is 2.33. The predicted octanol–water partition coefficient (Wildman–Crippen LogP) is 1.65. The van der Waals surface area contributed by atoms with Crippen molar-refractivity contribution in [2.45, 2.75) is 4.90 Å². The third-order valence-electron chi connectivity index (χ3n) is 1.18. The molecule has 0 aliphatic heterocycles. The molecule has 0 amide bonds. The summed E-state index contributed by atoms with van der Waals surface area (Å²) in [4.78, 5) is 0.481. The van der Waals surface area contributed by atoms with Crippen molar-refractivity contribution in [2.75, 3.05) is 6.26 Å². The van der Waals surface area contributed by atoms with E-state index >= 15 is 0 Å². The van der Waals surface area contributed by atoms with Crippen LogP contribution < -0.4 is 0 Å². The van der Waals surface area contributed by atoms with Crippen LogP contribution in [0.4, 0.5) is 0 Å². The number of rotatable bonds is 1. The first kappa shape index (κ1) is 7.44. The van der Waals surface area contributed by atoms with E-state index in [9.17, 15) is 4.21 Å². The minimum Gasteiger partial charge on any atom is -0.183 e. The zero-order chi connectivity index (χ0) is 7.61. The van der Waals surface area contributed by atoms with E-state index in [1.54, 1.807) is 24.3 Å². The van der Waals surface area contributed by atoms with Crippen LogP contribution in [0.2, 0.25) is 0 Å². The zero-order valence-electron chi connectivity index (χ0n) is 5.65. The quantitative estimate of drug-likeness (QED) is 0.629. The van der Waals surface area contributed by atoms with Crippen molar-refractivity contribution in [3.63, 3.8) is 0 Å². The van der Waals surface area contributed by atoms with Gasteiger partial charge in [-0.1, -0.05) is 22.4 Å². The van der Waals surface area contributed by atoms with E-state index in [1.807, 2.05) is 6.07 Å². The van der Waals surface area contributed by atoms with Gasteiger partial charge in [-0.05, 0) is 12.1 Å². The molecule has 1 atom stereocenters. The van der Waals surface area contributed by atoms with Gasteiger partial charge in [0.05, 0.1) is 0 Å². The summed E-state index contributed by atoms with van der Waals surface area (Å²) in [5.41, 5.74) is 0. The molecular formula is C7H9O2S+. The molecule has 10 heavy (non-hydrogen) atoms. The van der Waals surface area contributed by atoms with Gasteiger partial charge in [0.15, 0.2) is 4.90 Å². The Labute approximate surface area is 61.1 Å². The molecule has 1 aromatic carbocycles. The molecule has 0 radical (unpaired) electrons. The molecule has 1 rings (SSSR count). The van der Waals surface area contributed by atoms with Crippen LogP contribution >= 0.6 is 0 Å². The van der Waals surface area contributed by atoms with Gasteiger partial charge in [-0.15, -0.1) is 0 Å². The summed E-state index contributed by atoms with van der Waals surface area (Å²) in [5, 5.41) is 0. The van der Waals surface area contributed by atoms with E-state index in [-0.39, 0.29) is 0 Å². The smallest absolute Gasteiger partial charge is 0.183 e. The molecule has 1 N–H and O–H groups in total. The van der Waals surface area contributed by atoms with Crippen molar-refractivity contribution >= 4 is 10.2 Å². The Morgan fingerprint density at radius 1 is 1.30 bits per heavy atom. The van der Waals surface area contributed by atoms with Crippen LogP contribution in [0.5, 0.6) is 0 Å². The first-order valence-corrected chi connectivity index (χ1v) is 4.80. The van der Waals surface area contributed by atoms with Gasteiger partial charge >= 0.3 is 0 Å². The molecule has 0 saturated carbocycles. The lowest BCUT2D eigenvalue weighted by atomic mass is 10.4. The fourth-order valence-electron chi connectivity index (χ4n) is 0.673. The van der Waals surface area contributed by atoms with Gasteiger partial charge in [-0.2, -0.15) is 4.55 Å². The maximum Gasteiger partial charge on any atom is 0.244 e. The Morgan fingerprint density at radius 2 is 1.80 bits per heavy atom. The normalized spacial score (nSPS) is 16.2. The highest BCUT2D eigenvalue weighted by Gasteiger charge is 2.19. The molecule has 2 nitrogen and oxygen atoms in total. The molecule has 0 fully saturated rings. The van der Waals surface area contributed by atoms with Crippen molar-refractivity contribution in [1.29, 1.82) is 0 Å². The van der Waals surface area contributed by atoms with Crippen LogP contribution in [0.1, 0.15) is 0 Å². The lowest BCUT2D eigenvalue weighted by molar-refractivity contribution is 0.503. The van der Waals surface area contributed by atoms with Gasteiger partial charge in [0.25, 0.3) is 0 Å². The third kappa shape index (κ3) is 1.65. The largest absolute Gasteiger partial charge is 0.244 e. The summed E-state index contributed by atoms with van der Waals surface area (Å²) < 4.78 is 20.0. The molecule has 0 aliphatic rings. The standard InChI is InChI=1S/C7H8O2S/c1-10(8,9)7-5-3-2-4-6-7/h2-6H,1H3/p+1. The maximum atomic E-state index is 10.9. The lowest BCUT2D eigenvalue weighted by Crippen LogP contribution is -2.04. The average Bonchev–Trinajstić information content (AvgIpc) is 1.88. The van der Waals surface area contributed by atoms with E-state index in [2.05, 4.69) is 0 Å². The summed E-state index contributed by atoms with van der Waals surface area (Å²) in [6, 6.07) is 8.59. The molecule has 1 aromatic rings. The topological polar surface area (TPSA) is 37.3 Å². The van der Waals surface area contributed by atoms with E-state index in [1.165, 1.54) is 6.26 Å². The molecule has 0 bridgehead atoms. The summed E-state index contributed by atoms with van der Waals surface area (Å²) in [6.07, 6.45) is 1.31. The maximum absolute atomic E-state index is 10.9. The average molecular weight is 157 g/mol. The summed E-state index contributed by atoms with van der Waals surface area (Å²) >= 11 is 0. The Morgan fingerprint density at radius 3 is 2.10 bits per heavy atom. The van der Waals surface area contributed by atoms with Gasteiger partial charge in [-0.3, -0.25) is 0 Å². The molecular weight excluding hydrogens is 148 g/mol. The highest BCUT2D eigenvalue weighted by atomic mass is 32.3. The second-order valence-electron chi connectivity index (χ2n) is 2.12. The van der Waals surface area contributed by atoms with Gasteiger partial charge in [0, 0.05) is 0 Å². The van der Waals surface area contributed by atoms with Gasteiger partial charge in [0.1, 0.15) is 6.26 Å². The van der Waals surface area contributed by atoms with Crippen LogP contribution in [0.15, 0.2) is 35.2 Å². The number of benzene rings is 1. The number of hydrogen-bond acceptors (Lipinski definition) is 1. The summed E-state index contributed by atoms with van der Waals surface area (Å²) in [5.74, 6) is 0. The summed E-state index contributed by atoms with van der Waals surface area (Å²) in [6.45, 7) is 0. The SMILES string of the molecule is C[S+](=O)(O)c1ccccc1. The van der Waals surface area contributed by atoms with Crippen LogP contribution in [0.3, 0.4) is 0 Å². The minimum atomic E-state index is -2.75. The van der Waals surface area contributed by atoms with Crippen LogP contribution in [0, 0.1) is 0 Å². The molecule has 0 aromatic heterocycles. The molecule has 3 heteroatoms. The minimum absolute atomic E-state index is 0.481.